The lowest BCUT2D eigenvalue weighted by Gasteiger charge is -2.28. The number of rotatable bonds is 10. The quantitative estimate of drug-likeness (QED) is 0.228. The molecule has 0 aliphatic heterocycles. The first-order valence-electron chi connectivity index (χ1n) is 8.49. The Morgan fingerprint density at radius 1 is 0.900 bits per heavy atom. The number of carboxylic acid groups (broad SMARTS) is 2. The minimum absolute atomic E-state index is 0.205. The lowest BCUT2D eigenvalue weighted by atomic mass is 10.1. The molecule has 0 saturated carbocycles. The predicted molar refractivity (Wildman–Crippen MR) is 113 cm³/mol. The Morgan fingerprint density at radius 2 is 1.30 bits per heavy atom. The normalized spacial score (nSPS) is 15.6. The Balaban J connectivity index is 2.96. The number of hydrogen-bond acceptors (Lipinski definition) is 9. The standard InChI is InChI=1S/C15H22N6O7S2/c1-29-5-3-14(16,10(23)24)20-7-8(18-12(20)27)19-13(28)21(9(7)22)15(17,11(25)26)4-6-30-2/h3-6,16-17H2,1-2H3,(H,18,27)(H,19,28)(H,23,24)(H,25,26). The molecule has 0 radical (unpaired) electrons. The molecule has 13 nitrogen and oxygen atoms in total. The van der Waals surface area contributed by atoms with Crippen molar-refractivity contribution in [2.75, 3.05) is 24.0 Å². The lowest BCUT2D eigenvalue weighted by Crippen LogP contribution is -2.61. The number of nitrogens with zero attached hydrogens (tertiary/aromatic N) is 2. The second-order valence-corrected chi connectivity index (χ2v) is 8.48. The summed E-state index contributed by atoms with van der Waals surface area (Å²) in [4.78, 5) is 66.4. The summed E-state index contributed by atoms with van der Waals surface area (Å²) in [5.41, 5.74) is 2.72. The number of thioether (sulfide) groups is 2. The average molecular weight is 463 g/mol. The summed E-state index contributed by atoms with van der Waals surface area (Å²) in [5, 5.41) is 19.3. The van der Waals surface area contributed by atoms with Gasteiger partial charge in [0.25, 0.3) is 5.56 Å². The van der Waals surface area contributed by atoms with Crippen molar-refractivity contribution >= 4 is 46.6 Å². The molecule has 0 amide bonds. The van der Waals surface area contributed by atoms with Crippen molar-refractivity contribution in [3.63, 3.8) is 0 Å². The van der Waals surface area contributed by atoms with Crippen LogP contribution in [0.1, 0.15) is 12.8 Å². The van der Waals surface area contributed by atoms with Gasteiger partial charge in [0.1, 0.15) is 5.65 Å². The van der Waals surface area contributed by atoms with Crippen molar-refractivity contribution in [2.45, 2.75) is 24.2 Å². The SMILES string of the molecule is CSCCC(N)(C(=O)O)n1c(=O)[nH]c2[nH]c(=O)n(C(N)(CCSC)C(=O)O)c2c1=O. The molecule has 0 aliphatic rings. The molecular weight excluding hydrogens is 440 g/mol. The second-order valence-electron chi connectivity index (χ2n) is 6.50. The largest absolute Gasteiger partial charge is 0.478 e. The fourth-order valence-electron chi connectivity index (χ4n) is 2.98. The van der Waals surface area contributed by atoms with Crippen LogP contribution in [0.2, 0.25) is 0 Å². The summed E-state index contributed by atoms with van der Waals surface area (Å²) in [6, 6.07) is 0. The maximum atomic E-state index is 13.2. The number of aliphatic carboxylic acids is 2. The molecule has 2 heterocycles. The van der Waals surface area contributed by atoms with Gasteiger partial charge in [-0.25, -0.2) is 23.7 Å². The fourth-order valence-corrected chi connectivity index (χ4v) is 4.01. The van der Waals surface area contributed by atoms with Gasteiger partial charge in [-0.3, -0.25) is 30.8 Å². The molecule has 0 aromatic carbocycles. The first-order valence-corrected chi connectivity index (χ1v) is 11.3. The van der Waals surface area contributed by atoms with Crippen molar-refractivity contribution < 1.29 is 19.8 Å². The minimum atomic E-state index is -2.43. The zero-order valence-corrected chi connectivity index (χ0v) is 17.8. The first kappa shape index (κ1) is 23.8. The second kappa shape index (κ2) is 8.71. The van der Waals surface area contributed by atoms with Gasteiger partial charge in [0.2, 0.25) is 0 Å². The molecule has 2 rings (SSSR count). The van der Waals surface area contributed by atoms with E-state index in [4.69, 9.17) is 11.5 Å². The van der Waals surface area contributed by atoms with Crippen LogP contribution in [0.5, 0.6) is 0 Å². The van der Waals surface area contributed by atoms with Crippen LogP contribution < -0.4 is 28.4 Å². The van der Waals surface area contributed by atoms with Crippen LogP contribution in [-0.4, -0.2) is 65.3 Å². The summed E-state index contributed by atoms with van der Waals surface area (Å²) >= 11 is 2.52. The van der Waals surface area contributed by atoms with Crippen LogP contribution in [0.4, 0.5) is 0 Å². The van der Waals surface area contributed by atoms with Gasteiger partial charge in [-0.2, -0.15) is 23.5 Å². The number of H-pyrrole nitrogens is 2. The highest BCUT2D eigenvalue weighted by Gasteiger charge is 2.43. The number of nitrogens with two attached hydrogens (primary N) is 2. The molecule has 2 aromatic rings. The van der Waals surface area contributed by atoms with E-state index in [0.29, 0.717) is 4.57 Å². The summed E-state index contributed by atoms with van der Waals surface area (Å²) in [6.07, 6.45) is 2.87. The van der Waals surface area contributed by atoms with Crippen molar-refractivity contribution in [1.29, 1.82) is 0 Å². The molecule has 166 valence electrons. The average Bonchev–Trinajstić information content (AvgIpc) is 3.00. The third kappa shape index (κ3) is 3.80. The van der Waals surface area contributed by atoms with Gasteiger partial charge in [-0.1, -0.05) is 0 Å². The summed E-state index contributed by atoms with van der Waals surface area (Å²) in [5.74, 6) is -2.79. The highest BCUT2D eigenvalue weighted by Crippen LogP contribution is 2.20. The van der Waals surface area contributed by atoms with E-state index in [1.807, 2.05) is 0 Å². The van der Waals surface area contributed by atoms with E-state index in [1.165, 1.54) is 23.5 Å². The van der Waals surface area contributed by atoms with Gasteiger partial charge >= 0.3 is 23.3 Å². The molecule has 0 spiro atoms. The van der Waals surface area contributed by atoms with E-state index in [0.717, 1.165) is 0 Å². The van der Waals surface area contributed by atoms with Crippen molar-refractivity contribution in [3.8, 4) is 0 Å². The number of aromatic nitrogens is 4. The van der Waals surface area contributed by atoms with E-state index < -0.39 is 45.7 Å². The van der Waals surface area contributed by atoms with E-state index in [2.05, 4.69) is 9.97 Å². The van der Waals surface area contributed by atoms with Crippen LogP contribution in [0.3, 0.4) is 0 Å². The summed E-state index contributed by atoms with van der Waals surface area (Å²) in [7, 11) is 0. The van der Waals surface area contributed by atoms with Gasteiger partial charge < -0.3 is 10.2 Å². The number of nitrogens with one attached hydrogen (secondary N) is 2. The summed E-state index contributed by atoms with van der Waals surface area (Å²) < 4.78 is 0.793. The van der Waals surface area contributed by atoms with E-state index in [1.54, 1.807) is 12.5 Å². The molecule has 2 unspecified atom stereocenters. The summed E-state index contributed by atoms with van der Waals surface area (Å²) in [6.45, 7) is 0. The number of carbonyl (C=O) groups is 2. The molecular formula is C15H22N6O7S2. The molecule has 2 aromatic heterocycles. The van der Waals surface area contributed by atoms with Crippen molar-refractivity contribution in [1.82, 2.24) is 19.1 Å². The number of hydrogen-bond donors (Lipinski definition) is 6. The molecule has 0 saturated heterocycles. The predicted octanol–water partition coefficient (Wildman–Crippen LogP) is -1.92. The minimum Gasteiger partial charge on any atom is -0.478 e. The maximum Gasteiger partial charge on any atom is 0.345 e. The number of fused-ring (bicyclic) bond motifs is 1. The Kier molecular flexibility index (Phi) is 6.90. The highest BCUT2D eigenvalue weighted by molar-refractivity contribution is 7.98. The van der Waals surface area contributed by atoms with Gasteiger partial charge in [-0.15, -0.1) is 0 Å². The third-order valence-electron chi connectivity index (χ3n) is 4.65. The molecule has 0 bridgehead atoms. The van der Waals surface area contributed by atoms with E-state index >= 15 is 0 Å². The smallest absolute Gasteiger partial charge is 0.345 e. The van der Waals surface area contributed by atoms with Crippen molar-refractivity contribution in [3.05, 3.63) is 31.3 Å². The highest BCUT2D eigenvalue weighted by atomic mass is 32.2. The molecule has 30 heavy (non-hydrogen) atoms. The van der Waals surface area contributed by atoms with Crippen LogP contribution in [0.25, 0.3) is 11.2 Å². The molecule has 2 atom stereocenters. The molecule has 0 fully saturated rings. The molecule has 8 N–H and O–H groups in total. The fraction of sp³-hybridized carbons (Fsp3) is 0.533. The monoisotopic (exact) mass is 462 g/mol. The van der Waals surface area contributed by atoms with Gasteiger partial charge in [0.15, 0.2) is 16.8 Å². The van der Waals surface area contributed by atoms with Crippen LogP contribution in [0.15, 0.2) is 14.4 Å². The molecule has 15 heteroatoms. The van der Waals surface area contributed by atoms with Crippen molar-refractivity contribution in [2.24, 2.45) is 11.5 Å². The zero-order chi connectivity index (χ0) is 22.9. The van der Waals surface area contributed by atoms with Crippen LogP contribution >= 0.6 is 23.5 Å². The third-order valence-corrected chi connectivity index (χ3v) is 5.87. The number of imidazole rings is 1. The van der Waals surface area contributed by atoms with Gasteiger partial charge in [-0.05, 0) is 24.0 Å². The van der Waals surface area contributed by atoms with Crippen LogP contribution in [0, 0.1) is 0 Å². The van der Waals surface area contributed by atoms with Gasteiger partial charge in [0.05, 0.1) is 0 Å². The zero-order valence-electron chi connectivity index (χ0n) is 16.1. The topological polar surface area (TPSA) is 219 Å². The Hall–Kier alpha value is -2.49. The number of carboxylic acids is 2. The van der Waals surface area contributed by atoms with Crippen LogP contribution in [-0.2, 0) is 20.9 Å². The number of aromatic amines is 2. The Morgan fingerprint density at radius 3 is 1.70 bits per heavy atom. The van der Waals surface area contributed by atoms with E-state index in [9.17, 15) is 34.2 Å². The lowest BCUT2D eigenvalue weighted by molar-refractivity contribution is -0.148. The van der Waals surface area contributed by atoms with Gasteiger partial charge in [0, 0.05) is 12.8 Å². The Bertz CT molecular complexity index is 1150. The maximum absolute atomic E-state index is 13.2. The first-order chi connectivity index (χ1) is 14.0. The Labute approximate surface area is 176 Å². The molecule has 0 aliphatic carbocycles. The van der Waals surface area contributed by atoms with E-state index in [-0.39, 0.29) is 34.6 Å².